The Morgan fingerprint density at radius 2 is 1.40 bits per heavy atom. The first kappa shape index (κ1) is 20.7. The van der Waals surface area contributed by atoms with E-state index in [1.165, 1.54) is 5.39 Å². The summed E-state index contributed by atoms with van der Waals surface area (Å²) in [6, 6.07) is 25.1. The Balaban J connectivity index is 1.37. The Labute approximate surface area is 203 Å². The van der Waals surface area contributed by atoms with Crippen LogP contribution in [-0.2, 0) is 9.31 Å². The standard InChI is InChI=1S/C29H25BN2O3/c1-28(2)29(3,4)35-30(34-28)18-11-13-21-22-14-12-19(17-26(22)33-25(21)16-18)32-24-10-6-5-8-20(24)23-9-7-15-31-27(23)32/h5-17H,1-4H3. The summed E-state index contributed by atoms with van der Waals surface area (Å²) in [5.41, 5.74) is 4.94. The van der Waals surface area contributed by atoms with Crippen LogP contribution in [0.3, 0.4) is 0 Å². The van der Waals surface area contributed by atoms with Crippen LogP contribution in [0.4, 0.5) is 0 Å². The molecule has 0 spiro atoms. The summed E-state index contributed by atoms with van der Waals surface area (Å²) in [6.07, 6.45) is 1.84. The smallest absolute Gasteiger partial charge is 0.456 e. The molecule has 4 heterocycles. The molecule has 1 saturated heterocycles. The van der Waals surface area contributed by atoms with Crippen LogP contribution < -0.4 is 5.46 Å². The fraction of sp³-hybridized carbons (Fsp3) is 0.207. The van der Waals surface area contributed by atoms with Gasteiger partial charge >= 0.3 is 7.12 Å². The summed E-state index contributed by atoms with van der Waals surface area (Å²) < 4.78 is 21.1. The molecule has 0 unspecified atom stereocenters. The molecule has 172 valence electrons. The number of pyridine rings is 1. The lowest BCUT2D eigenvalue weighted by molar-refractivity contribution is 0.00578. The van der Waals surface area contributed by atoms with Crippen molar-refractivity contribution in [1.29, 1.82) is 0 Å². The van der Waals surface area contributed by atoms with Gasteiger partial charge < -0.3 is 13.7 Å². The van der Waals surface area contributed by atoms with Crippen LogP contribution in [0.25, 0.3) is 49.6 Å². The predicted molar refractivity (Wildman–Crippen MR) is 142 cm³/mol. The van der Waals surface area contributed by atoms with E-state index in [1.807, 2.05) is 18.3 Å². The molecule has 3 aromatic heterocycles. The van der Waals surface area contributed by atoms with Gasteiger partial charge in [0, 0.05) is 33.8 Å². The Bertz CT molecular complexity index is 1710. The van der Waals surface area contributed by atoms with Crippen molar-refractivity contribution in [2.45, 2.75) is 38.9 Å². The van der Waals surface area contributed by atoms with Crippen molar-refractivity contribution in [3.05, 3.63) is 79.0 Å². The summed E-state index contributed by atoms with van der Waals surface area (Å²) in [6.45, 7) is 8.27. The number of hydrogen-bond donors (Lipinski definition) is 0. The normalized spacial score (nSPS) is 17.3. The monoisotopic (exact) mass is 460 g/mol. The maximum Gasteiger partial charge on any atom is 0.494 e. The van der Waals surface area contributed by atoms with Gasteiger partial charge in [-0.25, -0.2) is 4.98 Å². The van der Waals surface area contributed by atoms with Crippen molar-refractivity contribution >= 4 is 56.5 Å². The lowest BCUT2D eigenvalue weighted by Crippen LogP contribution is -2.41. The molecule has 0 atom stereocenters. The number of nitrogens with zero attached hydrogens (tertiary/aromatic N) is 2. The summed E-state index contributed by atoms with van der Waals surface area (Å²) in [4.78, 5) is 4.70. The van der Waals surface area contributed by atoms with Crippen LogP contribution in [0.1, 0.15) is 27.7 Å². The van der Waals surface area contributed by atoms with E-state index in [0.29, 0.717) is 0 Å². The predicted octanol–water partition coefficient (Wildman–Crippen LogP) is 6.38. The van der Waals surface area contributed by atoms with E-state index in [-0.39, 0.29) is 11.2 Å². The van der Waals surface area contributed by atoms with Crippen molar-refractivity contribution in [1.82, 2.24) is 9.55 Å². The number of furan rings is 1. The molecule has 6 heteroatoms. The van der Waals surface area contributed by atoms with Crippen LogP contribution in [0.5, 0.6) is 0 Å². The first-order valence-corrected chi connectivity index (χ1v) is 12.0. The van der Waals surface area contributed by atoms with Crippen molar-refractivity contribution in [3.63, 3.8) is 0 Å². The Morgan fingerprint density at radius 1 is 0.714 bits per heavy atom. The second-order valence-electron chi connectivity index (χ2n) is 10.4. The van der Waals surface area contributed by atoms with Gasteiger partial charge in [0.15, 0.2) is 0 Å². The molecule has 1 aliphatic rings. The SMILES string of the molecule is CC1(C)OB(c2ccc3c(c2)oc2cc(-n4c5ccccc5c5cccnc54)ccc23)OC1(C)C. The number of benzene rings is 3. The van der Waals surface area contributed by atoms with Crippen molar-refractivity contribution in [2.24, 2.45) is 0 Å². The molecule has 3 aromatic carbocycles. The van der Waals surface area contributed by atoms with Gasteiger partial charge in [-0.05, 0) is 69.6 Å². The summed E-state index contributed by atoms with van der Waals surface area (Å²) in [7, 11) is -0.420. The molecule has 0 radical (unpaired) electrons. The van der Waals surface area contributed by atoms with Crippen molar-refractivity contribution in [2.75, 3.05) is 0 Å². The summed E-state index contributed by atoms with van der Waals surface area (Å²) >= 11 is 0. The molecular weight excluding hydrogens is 435 g/mol. The van der Waals surface area contributed by atoms with E-state index in [0.717, 1.165) is 49.6 Å². The van der Waals surface area contributed by atoms with E-state index < -0.39 is 7.12 Å². The Morgan fingerprint density at radius 3 is 2.20 bits per heavy atom. The summed E-state index contributed by atoms with van der Waals surface area (Å²) in [5.74, 6) is 0. The molecule has 0 amide bonds. The van der Waals surface area contributed by atoms with Gasteiger partial charge in [-0.15, -0.1) is 0 Å². The molecular formula is C29H25BN2O3. The topological polar surface area (TPSA) is 49.4 Å². The van der Waals surface area contributed by atoms with Crippen LogP contribution in [0, 0.1) is 0 Å². The number of fused-ring (bicyclic) bond motifs is 6. The van der Waals surface area contributed by atoms with Crippen LogP contribution in [0.15, 0.2) is 83.4 Å². The van der Waals surface area contributed by atoms with Crippen LogP contribution >= 0.6 is 0 Å². The lowest BCUT2D eigenvalue weighted by atomic mass is 9.79. The molecule has 7 rings (SSSR count). The Hall–Kier alpha value is -3.61. The van der Waals surface area contributed by atoms with E-state index in [4.69, 9.17) is 18.7 Å². The highest BCUT2D eigenvalue weighted by Gasteiger charge is 2.51. The average molecular weight is 460 g/mol. The lowest BCUT2D eigenvalue weighted by Gasteiger charge is -2.32. The first-order chi connectivity index (χ1) is 16.8. The zero-order valence-corrected chi connectivity index (χ0v) is 20.2. The van der Waals surface area contributed by atoms with E-state index in [1.54, 1.807) is 0 Å². The molecule has 0 aliphatic carbocycles. The molecule has 0 saturated carbocycles. The van der Waals surface area contributed by atoms with Crippen molar-refractivity contribution in [3.8, 4) is 5.69 Å². The van der Waals surface area contributed by atoms with E-state index in [2.05, 4.69) is 92.9 Å². The van der Waals surface area contributed by atoms with Gasteiger partial charge in [-0.2, -0.15) is 0 Å². The van der Waals surface area contributed by atoms with Crippen molar-refractivity contribution < 1.29 is 13.7 Å². The zero-order valence-electron chi connectivity index (χ0n) is 20.2. The minimum atomic E-state index is -0.420. The molecule has 1 aliphatic heterocycles. The number of hydrogen-bond acceptors (Lipinski definition) is 4. The molecule has 1 fully saturated rings. The van der Waals surface area contributed by atoms with Gasteiger partial charge in [0.1, 0.15) is 16.8 Å². The molecule has 0 bridgehead atoms. The number of rotatable bonds is 2. The fourth-order valence-corrected chi connectivity index (χ4v) is 5.10. The van der Waals surface area contributed by atoms with Gasteiger partial charge in [-0.3, -0.25) is 4.57 Å². The number of para-hydroxylation sites is 1. The minimum Gasteiger partial charge on any atom is -0.456 e. The van der Waals surface area contributed by atoms with Gasteiger partial charge in [0.05, 0.1) is 22.4 Å². The maximum atomic E-state index is 6.37. The van der Waals surface area contributed by atoms with Crippen LogP contribution in [-0.4, -0.2) is 27.9 Å². The molecule has 6 aromatic rings. The number of aromatic nitrogens is 2. The van der Waals surface area contributed by atoms with E-state index >= 15 is 0 Å². The highest BCUT2D eigenvalue weighted by atomic mass is 16.7. The third kappa shape index (κ3) is 2.93. The van der Waals surface area contributed by atoms with Gasteiger partial charge in [-0.1, -0.05) is 30.3 Å². The van der Waals surface area contributed by atoms with E-state index in [9.17, 15) is 0 Å². The highest BCUT2D eigenvalue weighted by Crippen LogP contribution is 2.38. The Kier molecular flexibility index (Phi) is 4.13. The molecule has 35 heavy (non-hydrogen) atoms. The summed E-state index contributed by atoms with van der Waals surface area (Å²) in [5, 5.41) is 4.48. The third-order valence-corrected chi connectivity index (χ3v) is 7.70. The minimum absolute atomic E-state index is 0.383. The van der Waals surface area contributed by atoms with Gasteiger partial charge in [0.2, 0.25) is 0 Å². The fourth-order valence-electron chi connectivity index (χ4n) is 5.10. The molecule has 5 nitrogen and oxygen atoms in total. The zero-order chi connectivity index (χ0) is 23.9. The van der Waals surface area contributed by atoms with Crippen LogP contribution in [0.2, 0.25) is 0 Å². The largest absolute Gasteiger partial charge is 0.494 e. The quantitative estimate of drug-likeness (QED) is 0.282. The first-order valence-electron chi connectivity index (χ1n) is 12.0. The second kappa shape index (κ2) is 6.97. The highest BCUT2D eigenvalue weighted by molar-refractivity contribution is 6.62. The molecule has 0 N–H and O–H groups in total. The van der Waals surface area contributed by atoms with Gasteiger partial charge in [0.25, 0.3) is 0 Å². The maximum absolute atomic E-state index is 6.37. The average Bonchev–Trinajstić information content (AvgIpc) is 3.44. The third-order valence-electron chi connectivity index (χ3n) is 7.70. The second-order valence-corrected chi connectivity index (χ2v) is 10.4.